The van der Waals surface area contributed by atoms with E-state index in [0.717, 1.165) is 38.6 Å². The van der Waals surface area contributed by atoms with Gasteiger partial charge in [0.1, 0.15) is 0 Å². The fourth-order valence-corrected chi connectivity index (χ4v) is 2.34. The van der Waals surface area contributed by atoms with Crippen molar-refractivity contribution < 1.29 is 4.74 Å². The highest BCUT2D eigenvalue weighted by atomic mass is 16.5. The number of aliphatic imine (C=N–C) groups is 1. The number of guanidine groups is 1. The van der Waals surface area contributed by atoms with Gasteiger partial charge in [-0.2, -0.15) is 0 Å². The summed E-state index contributed by atoms with van der Waals surface area (Å²) in [6.45, 7) is 3.56. The lowest BCUT2D eigenvalue weighted by molar-refractivity contribution is 0.196. The number of rotatable bonds is 6. The Morgan fingerprint density at radius 3 is 2.94 bits per heavy atom. The molecule has 0 saturated carbocycles. The zero-order valence-electron chi connectivity index (χ0n) is 11.9. The van der Waals surface area contributed by atoms with Gasteiger partial charge in [0.2, 0.25) is 5.96 Å². The standard InChI is InChI=1S/C12H27N5O/c1-16(2)10-11-6-4-8-17(11)12(15-13)14-7-5-9-18-3/h11H,4-10,13H2,1-3H3,(H,14,15). The third kappa shape index (κ3) is 4.80. The van der Waals surface area contributed by atoms with Crippen LogP contribution in [-0.4, -0.2) is 69.2 Å². The second-order valence-corrected chi connectivity index (χ2v) is 4.95. The van der Waals surface area contributed by atoms with Gasteiger partial charge in [0.25, 0.3) is 0 Å². The minimum atomic E-state index is 0.511. The SMILES string of the molecule is COCCCN=C(NN)N1CCCC1CN(C)C. The van der Waals surface area contributed by atoms with Crippen molar-refractivity contribution in [1.29, 1.82) is 0 Å². The monoisotopic (exact) mass is 257 g/mol. The van der Waals surface area contributed by atoms with E-state index in [1.807, 2.05) is 0 Å². The topological polar surface area (TPSA) is 66.1 Å². The van der Waals surface area contributed by atoms with Crippen molar-refractivity contribution in [3.8, 4) is 0 Å². The van der Waals surface area contributed by atoms with E-state index in [9.17, 15) is 0 Å². The molecule has 1 atom stereocenters. The van der Waals surface area contributed by atoms with Gasteiger partial charge in [0, 0.05) is 39.4 Å². The molecule has 1 unspecified atom stereocenters. The molecule has 0 radical (unpaired) electrons. The zero-order chi connectivity index (χ0) is 13.4. The predicted octanol–water partition coefficient (Wildman–Crippen LogP) is -0.132. The van der Waals surface area contributed by atoms with Gasteiger partial charge in [-0.15, -0.1) is 0 Å². The molecule has 0 aromatic rings. The third-order valence-corrected chi connectivity index (χ3v) is 3.12. The fourth-order valence-electron chi connectivity index (χ4n) is 2.34. The van der Waals surface area contributed by atoms with Crippen LogP contribution in [-0.2, 0) is 4.74 Å². The van der Waals surface area contributed by atoms with Gasteiger partial charge in [-0.1, -0.05) is 0 Å². The largest absolute Gasteiger partial charge is 0.385 e. The van der Waals surface area contributed by atoms with Crippen LogP contribution in [0.25, 0.3) is 0 Å². The summed E-state index contributed by atoms with van der Waals surface area (Å²) < 4.78 is 5.02. The Kier molecular flexibility index (Phi) is 7.00. The molecule has 18 heavy (non-hydrogen) atoms. The molecule has 1 aliphatic rings. The summed E-state index contributed by atoms with van der Waals surface area (Å²) in [6, 6.07) is 0.511. The van der Waals surface area contributed by atoms with Crippen LogP contribution in [0.1, 0.15) is 19.3 Å². The Labute approximate surface area is 110 Å². The lowest BCUT2D eigenvalue weighted by atomic mass is 10.2. The summed E-state index contributed by atoms with van der Waals surface area (Å²) in [6.07, 6.45) is 3.34. The maximum absolute atomic E-state index is 5.59. The van der Waals surface area contributed by atoms with Gasteiger partial charge in [-0.05, 0) is 33.4 Å². The number of ether oxygens (including phenoxy) is 1. The molecule has 3 N–H and O–H groups in total. The summed E-state index contributed by atoms with van der Waals surface area (Å²) >= 11 is 0. The molecule has 0 aliphatic carbocycles. The molecule has 1 aliphatic heterocycles. The van der Waals surface area contributed by atoms with Crippen molar-refractivity contribution in [2.45, 2.75) is 25.3 Å². The lowest BCUT2D eigenvalue weighted by Crippen LogP contribution is -2.49. The van der Waals surface area contributed by atoms with Crippen LogP contribution in [0, 0.1) is 0 Å². The zero-order valence-corrected chi connectivity index (χ0v) is 11.9. The summed E-state index contributed by atoms with van der Waals surface area (Å²) in [5.74, 6) is 6.41. The molecule has 0 bridgehead atoms. The van der Waals surface area contributed by atoms with E-state index in [1.54, 1.807) is 7.11 Å². The average molecular weight is 257 g/mol. The van der Waals surface area contributed by atoms with Crippen LogP contribution < -0.4 is 11.3 Å². The van der Waals surface area contributed by atoms with Crippen LogP contribution in [0.4, 0.5) is 0 Å². The number of nitrogens with two attached hydrogens (primary N) is 1. The Morgan fingerprint density at radius 2 is 2.33 bits per heavy atom. The number of hydrogen-bond acceptors (Lipinski definition) is 4. The maximum atomic E-state index is 5.59. The lowest BCUT2D eigenvalue weighted by Gasteiger charge is -2.29. The van der Waals surface area contributed by atoms with Crippen molar-refractivity contribution in [3.05, 3.63) is 0 Å². The molecule has 0 aromatic heterocycles. The molecule has 0 spiro atoms. The van der Waals surface area contributed by atoms with Crippen LogP contribution in [0.3, 0.4) is 0 Å². The second kappa shape index (κ2) is 8.29. The van der Waals surface area contributed by atoms with Crippen molar-refractivity contribution in [3.63, 3.8) is 0 Å². The molecular weight excluding hydrogens is 230 g/mol. The number of nitrogens with zero attached hydrogens (tertiary/aromatic N) is 3. The quantitative estimate of drug-likeness (QED) is 0.228. The summed E-state index contributed by atoms with van der Waals surface area (Å²) in [4.78, 5) is 9.02. The van der Waals surface area contributed by atoms with Crippen LogP contribution in [0.5, 0.6) is 0 Å². The first-order valence-electron chi connectivity index (χ1n) is 6.60. The second-order valence-electron chi connectivity index (χ2n) is 4.95. The first-order chi connectivity index (χ1) is 8.69. The van der Waals surface area contributed by atoms with Crippen molar-refractivity contribution in [2.24, 2.45) is 10.8 Å². The van der Waals surface area contributed by atoms with Gasteiger partial charge < -0.3 is 14.5 Å². The van der Waals surface area contributed by atoms with E-state index in [2.05, 4.69) is 34.3 Å². The number of nitrogens with one attached hydrogen (secondary N) is 1. The first-order valence-corrected chi connectivity index (χ1v) is 6.60. The Morgan fingerprint density at radius 1 is 1.56 bits per heavy atom. The van der Waals surface area contributed by atoms with Gasteiger partial charge in [-0.3, -0.25) is 10.4 Å². The third-order valence-electron chi connectivity index (χ3n) is 3.12. The number of hydrazine groups is 1. The molecule has 0 aromatic carbocycles. The van der Waals surface area contributed by atoms with Crippen LogP contribution in [0.2, 0.25) is 0 Å². The summed E-state index contributed by atoms with van der Waals surface area (Å²) in [5, 5.41) is 0. The number of methoxy groups -OCH3 is 1. The number of hydrogen-bond donors (Lipinski definition) is 2. The van der Waals surface area contributed by atoms with E-state index < -0.39 is 0 Å². The van der Waals surface area contributed by atoms with Crippen molar-refractivity contribution in [2.75, 3.05) is 47.4 Å². The Balaban J connectivity index is 2.51. The molecule has 0 amide bonds. The minimum Gasteiger partial charge on any atom is -0.385 e. The maximum Gasteiger partial charge on any atom is 0.208 e. The van der Waals surface area contributed by atoms with Gasteiger partial charge >= 0.3 is 0 Å². The molecule has 106 valence electrons. The normalized spacial score (nSPS) is 20.8. The molecule has 6 nitrogen and oxygen atoms in total. The average Bonchev–Trinajstić information content (AvgIpc) is 2.77. The summed E-state index contributed by atoms with van der Waals surface area (Å²) in [5.41, 5.74) is 2.74. The summed E-state index contributed by atoms with van der Waals surface area (Å²) in [7, 11) is 5.91. The predicted molar refractivity (Wildman–Crippen MR) is 74.4 cm³/mol. The molecular formula is C12H27N5O. The molecule has 1 heterocycles. The highest BCUT2D eigenvalue weighted by Gasteiger charge is 2.27. The van der Waals surface area contributed by atoms with Crippen molar-refractivity contribution in [1.82, 2.24) is 15.2 Å². The smallest absolute Gasteiger partial charge is 0.208 e. The molecule has 1 saturated heterocycles. The van der Waals surface area contributed by atoms with Crippen LogP contribution in [0.15, 0.2) is 4.99 Å². The minimum absolute atomic E-state index is 0.511. The van der Waals surface area contributed by atoms with Crippen LogP contribution >= 0.6 is 0 Å². The van der Waals surface area contributed by atoms with E-state index in [1.165, 1.54) is 12.8 Å². The van der Waals surface area contributed by atoms with E-state index in [-0.39, 0.29) is 0 Å². The van der Waals surface area contributed by atoms with Crippen molar-refractivity contribution >= 4 is 5.96 Å². The van der Waals surface area contributed by atoms with Gasteiger partial charge in [-0.25, -0.2) is 5.84 Å². The van der Waals surface area contributed by atoms with Gasteiger partial charge in [0.05, 0.1) is 0 Å². The molecule has 6 heteroatoms. The Bertz CT molecular complexity index is 257. The highest BCUT2D eigenvalue weighted by Crippen LogP contribution is 2.17. The highest BCUT2D eigenvalue weighted by molar-refractivity contribution is 5.80. The fraction of sp³-hybridized carbons (Fsp3) is 0.917. The number of likely N-dealkylation sites (N-methyl/N-ethyl adjacent to an activating group) is 1. The van der Waals surface area contributed by atoms with E-state index in [4.69, 9.17) is 10.6 Å². The molecule has 1 rings (SSSR count). The first kappa shape index (κ1) is 15.2. The van der Waals surface area contributed by atoms with E-state index in [0.29, 0.717) is 6.04 Å². The molecule has 1 fully saturated rings. The Hall–Kier alpha value is -0.850. The van der Waals surface area contributed by atoms with Gasteiger partial charge in [0.15, 0.2) is 0 Å². The van der Waals surface area contributed by atoms with E-state index >= 15 is 0 Å². The number of likely N-dealkylation sites (tertiary alicyclic amines) is 1.